The van der Waals surface area contributed by atoms with Crippen LogP contribution in [-0.4, -0.2) is 40.5 Å². The fourth-order valence-corrected chi connectivity index (χ4v) is 3.40. The van der Waals surface area contributed by atoms with E-state index >= 15 is 0 Å². The molecule has 8 heteroatoms. The van der Waals surface area contributed by atoms with E-state index in [1.807, 2.05) is 30.3 Å². The molecule has 2 amide bonds. The van der Waals surface area contributed by atoms with E-state index in [4.69, 9.17) is 9.26 Å². The van der Waals surface area contributed by atoms with Crippen molar-refractivity contribution in [1.29, 1.82) is 0 Å². The van der Waals surface area contributed by atoms with E-state index in [0.717, 1.165) is 11.3 Å². The number of ether oxygens (including phenoxy) is 1. The lowest BCUT2D eigenvalue weighted by molar-refractivity contribution is -0.128. The van der Waals surface area contributed by atoms with Crippen molar-refractivity contribution in [3.8, 4) is 5.75 Å². The largest absolute Gasteiger partial charge is 0.497 e. The second kappa shape index (κ2) is 8.77. The van der Waals surface area contributed by atoms with E-state index in [0.29, 0.717) is 36.8 Å². The van der Waals surface area contributed by atoms with Crippen LogP contribution in [0.2, 0.25) is 0 Å². The van der Waals surface area contributed by atoms with E-state index < -0.39 is 0 Å². The van der Waals surface area contributed by atoms with Crippen molar-refractivity contribution in [2.75, 3.05) is 13.7 Å². The van der Waals surface area contributed by atoms with E-state index in [9.17, 15) is 9.59 Å². The first-order valence-corrected chi connectivity index (χ1v) is 9.69. The lowest BCUT2D eigenvalue weighted by Gasteiger charge is -2.16. The van der Waals surface area contributed by atoms with Crippen LogP contribution in [0.1, 0.15) is 40.0 Å². The van der Waals surface area contributed by atoms with Gasteiger partial charge in [0.25, 0.3) is 5.91 Å². The highest BCUT2D eigenvalue weighted by Crippen LogP contribution is 2.27. The molecule has 0 bridgehead atoms. The summed E-state index contributed by atoms with van der Waals surface area (Å²) in [5, 5.41) is 6.77. The van der Waals surface area contributed by atoms with E-state index in [2.05, 4.69) is 15.5 Å². The molecule has 8 nitrogen and oxygen atoms in total. The van der Waals surface area contributed by atoms with Gasteiger partial charge in [-0.2, -0.15) is 4.98 Å². The third-order valence-corrected chi connectivity index (χ3v) is 5.03. The molecule has 1 aliphatic heterocycles. The molecule has 1 aromatic heterocycles. The fraction of sp³-hybridized carbons (Fsp3) is 0.273. The Hall–Kier alpha value is -3.68. The minimum absolute atomic E-state index is 0.0551. The van der Waals surface area contributed by atoms with Gasteiger partial charge in [0.15, 0.2) is 5.82 Å². The lowest BCUT2D eigenvalue weighted by Crippen LogP contribution is -2.24. The van der Waals surface area contributed by atoms with Gasteiger partial charge in [-0.15, -0.1) is 0 Å². The van der Waals surface area contributed by atoms with Gasteiger partial charge in [-0.3, -0.25) is 9.59 Å². The second-order valence-electron chi connectivity index (χ2n) is 7.12. The number of rotatable bonds is 7. The zero-order valence-electron chi connectivity index (χ0n) is 16.6. The van der Waals surface area contributed by atoms with Crippen molar-refractivity contribution in [2.24, 2.45) is 0 Å². The van der Waals surface area contributed by atoms with Crippen LogP contribution in [0.4, 0.5) is 0 Å². The van der Waals surface area contributed by atoms with E-state index in [1.165, 1.54) is 0 Å². The highest BCUT2D eigenvalue weighted by molar-refractivity contribution is 5.93. The summed E-state index contributed by atoms with van der Waals surface area (Å²) in [5.74, 6) is 1.30. The predicted octanol–water partition coefficient (Wildman–Crippen LogP) is 2.52. The molecule has 1 N–H and O–H groups in total. The average molecular weight is 406 g/mol. The maximum atomic E-state index is 12.4. The van der Waals surface area contributed by atoms with Crippen LogP contribution in [0.25, 0.3) is 0 Å². The second-order valence-corrected chi connectivity index (χ2v) is 7.12. The highest BCUT2D eigenvalue weighted by atomic mass is 16.5. The van der Waals surface area contributed by atoms with Crippen LogP contribution >= 0.6 is 0 Å². The van der Waals surface area contributed by atoms with Crippen molar-refractivity contribution in [3.05, 3.63) is 77.4 Å². The van der Waals surface area contributed by atoms with Crippen LogP contribution < -0.4 is 10.1 Å². The van der Waals surface area contributed by atoms with Gasteiger partial charge in [-0.25, -0.2) is 0 Å². The maximum Gasteiger partial charge on any atom is 0.251 e. The molecule has 1 fully saturated rings. The van der Waals surface area contributed by atoms with Crippen LogP contribution in [0.15, 0.2) is 59.1 Å². The molecule has 1 aliphatic rings. The van der Waals surface area contributed by atoms with Crippen LogP contribution in [0.5, 0.6) is 5.75 Å². The molecule has 30 heavy (non-hydrogen) atoms. The number of methoxy groups -OCH3 is 1. The molecule has 0 aliphatic carbocycles. The van der Waals surface area contributed by atoms with Gasteiger partial charge in [0, 0.05) is 31.0 Å². The highest BCUT2D eigenvalue weighted by Gasteiger charge is 2.33. The zero-order chi connectivity index (χ0) is 20.9. The minimum Gasteiger partial charge on any atom is -0.497 e. The SMILES string of the molecule is COc1ccc(CN2CC(c3noc(CNC(=O)c4ccccc4)n3)CC2=O)cc1. The average Bonchev–Trinajstić information content (AvgIpc) is 3.40. The number of benzene rings is 2. The van der Waals surface area contributed by atoms with Gasteiger partial charge in [0.2, 0.25) is 11.8 Å². The normalized spacial score (nSPS) is 16.0. The van der Waals surface area contributed by atoms with Crippen LogP contribution in [-0.2, 0) is 17.9 Å². The maximum absolute atomic E-state index is 12.4. The summed E-state index contributed by atoms with van der Waals surface area (Å²) in [7, 11) is 1.62. The Morgan fingerprint density at radius 1 is 1.20 bits per heavy atom. The molecule has 0 saturated carbocycles. The first-order chi connectivity index (χ1) is 14.6. The van der Waals surface area contributed by atoms with Gasteiger partial charge in [0.05, 0.1) is 13.7 Å². The number of hydrogen-bond donors (Lipinski definition) is 1. The predicted molar refractivity (Wildman–Crippen MR) is 108 cm³/mol. The van der Waals surface area contributed by atoms with Gasteiger partial charge in [0.1, 0.15) is 5.75 Å². The molecule has 1 saturated heterocycles. The number of carbonyl (C=O) groups excluding carboxylic acids is 2. The molecule has 2 heterocycles. The van der Waals surface area contributed by atoms with Gasteiger partial charge < -0.3 is 19.5 Å². The van der Waals surface area contributed by atoms with Crippen molar-refractivity contribution < 1.29 is 18.8 Å². The third kappa shape index (κ3) is 4.48. The third-order valence-electron chi connectivity index (χ3n) is 5.03. The first-order valence-electron chi connectivity index (χ1n) is 9.69. The van der Waals surface area contributed by atoms with Crippen LogP contribution in [0, 0.1) is 0 Å². The van der Waals surface area contributed by atoms with E-state index in [1.54, 1.807) is 36.3 Å². The van der Waals surface area contributed by atoms with Crippen molar-refractivity contribution in [3.63, 3.8) is 0 Å². The lowest BCUT2D eigenvalue weighted by atomic mass is 10.1. The Kier molecular flexibility index (Phi) is 5.74. The summed E-state index contributed by atoms with van der Waals surface area (Å²) >= 11 is 0. The number of carbonyl (C=O) groups is 2. The number of aromatic nitrogens is 2. The number of amides is 2. The molecule has 2 aromatic carbocycles. The van der Waals surface area contributed by atoms with Gasteiger partial charge in [-0.05, 0) is 29.8 Å². The van der Waals surface area contributed by atoms with Crippen LogP contribution in [0.3, 0.4) is 0 Å². The number of hydrogen-bond acceptors (Lipinski definition) is 6. The van der Waals surface area contributed by atoms with Gasteiger partial charge >= 0.3 is 0 Å². The van der Waals surface area contributed by atoms with Crippen molar-refractivity contribution >= 4 is 11.8 Å². The summed E-state index contributed by atoms with van der Waals surface area (Å²) in [6, 6.07) is 16.6. The Labute approximate surface area is 173 Å². The Balaban J connectivity index is 1.33. The Morgan fingerprint density at radius 2 is 1.97 bits per heavy atom. The molecule has 0 radical (unpaired) electrons. The van der Waals surface area contributed by atoms with E-state index in [-0.39, 0.29) is 24.3 Å². The molecule has 1 atom stereocenters. The quantitative estimate of drug-likeness (QED) is 0.648. The number of nitrogens with one attached hydrogen (secondary N) is 1. The summed E-state index contributed by atoms with van der Waals surface area (Å²) in [5.41, 5.74) is 1.59. The van der Waals surface area contributed by atoms with Gasteiger partial charge in [-0.1, -0.05) is 35.5 Å². The molecular weight excluding hydrogens is 384 g/mol. The molecule has 3 aromatic rings. The zero-order valence-corrected chi connectivity index (χ0v) is 16.6. The molecule has 0 spiro atoms. The smallest absolute Gasteiger partial charge is 0.251 e. The summed E-state index contributed by atoms with van der Waals surface area (Å²) in [4.78, 5) is 30.7. The summed E-state index contributed by atoms with van der Waals surface area (Å²) in [6.07, 6.45) is 0.339. The number of nitrogens with zero attached hydrogens (tertiary/aromatic N) is 3. The Morgan fingerprint density at radius 3 is 2.70 bits per heavy atom. The molecule has 154 valence electrons. The molecular formula is C22H22N4O4. The van der Waals surface area contributed by atoms with Crippen molar-refractivity contribution in [1.82, 2.24) is 20.4 Å². The molecule has 1 unspecified atom stereocenters. The minimum atomic E-state index is -0.211. The fourth-order valence-electron chi connectivity index (χ4n) is 3.40. The summed E-state index contributed by atoms with van der Waals surface area (Å²) < 4.78 is 10.4. The molecule has 4 rings (SSSR count). The standard InChI is InChI=1S/C22H22N4O4/c1-29-18-9-7-15(8-10-18)13-26-14-17(11-20(26)27)21-24-19(30-25-21)12-23-22(28)16-5-3-2-4-6-16/h2-10,17H,11-14H2,1H3,(H,23,28). The Bertz CT molecular complexity index is 1020. The van der Waals surface area contributed by atoms with Crippen molar-refractivity contribution in [2.45, 2.75) is 25.4 Å². The monoisotopic (exact) mass is 406 g/mol. The summed E-state index contributed by atoms with van der Waals surface area (Å²) in [6.45, 7) is 1.19. The first kappa shape index (κ1) is 19.6. The number of likely N-dealkylation sites (tertiary alicyclic amines) is 1. The topological polar surface area (TPSA) is 97.6 Å².